The molecule has 3 rings (SSSR count). The Balaban J connectivity index is 1.60. The van der Waals surface area contributed by atoms with Crippen molar-refractivity contribution in [1.29, 1.82) is 0 Å². The first-order chi connectivity index (χ1) is 10.6. The summed E-state index contributed by atoms with van der Waals surface area (Å²) in [5, 5.41) is 4.19. The minimum absolute atomic E-state index is 0.0166. The number of nitrogens with zero attached hydrogens (tertiary/aromatic N) is 1. The minimum Gasteiger partial charge on any atom is -0.399 e. The van der Waals surface area contributed by atoms with Crippen LogP contribution in [-0.2, 0) is 4.79 Å². The maximum Gasteiger partial charge on any atom is 0.243 e. The molecule has 0 spiro atoms. The molecular formula is C18H19N3O. The first-order valence-electron chi connectivity index (χ1n) is 7.40. The lowest BCUT2D eigenvalue weighted by molar-refractivity contribution is -0.122. The number of hydrazone groups is 1. The van der Waals surface area contributed by atoms with Crippen molar-refractivity contribution < 1.29 is 4.79 Å². The van der Waals surface area contributed by atoms with Gasteiger partial charge in [0, 0.05) is 11.6 Å². The quantitative estimate of drug-likeness (QED) is 0.517. The van der Waals surface area contributed by atoms with E-state index in [9.17, 15) is 4.79 Å². The van der Waals surface area contributed by atoms with Crippen LogP contribution >= 0.6 is 0 Å². The van der Waals surface area contributed by atoms with Gasteiger partial charge in [-0.05, 0) is 42.5 Å². The van der Waals surface area contributed by atoms with Crippen LogP contribution in [0.2, 0.25) is 0 Å². The highest BCUT2D eigenvalue weighted by molar-refractivity contribution is 6.00. The Morgan fingerprint density at radius 1 is 1.18 bits per heavy atom. The number of nitrogens with two attached hydrogens (primary N) is 1. The van der Waals surface area contributed by atoms with Gasteiger partial charge in [0.1, 0.15) is 0 Å². The lowest BCUT2D eigenvalue weighted by Crippen LogP contribution is -2.21. The van der Waals surface area contributed by atoms with Gasteiger partial charge >= 0.3 is 0 Å². The number of nitrogens with one attached hydrogen (secondary N) is 1. The van der Waals surface area contributed by atoms with Crippen molar-refractivity contribution in [3.05, 3.63) is 65.7 Å². The monoisotopic (exact) mass is 293 g/mol. The van der Waals surface area contributed by atoms with Crippen LogP contribution in [-0.4, -0.2) is 11.6 Å². The van der Waals surface area contributed by atoms with Gasteiger partial charge in [0.15, 0.2) is 0 Å². The Labute approximate surface area is 130 Å². The molecule has 0 aliphatic heterocycles. The predicted molar refractivity (Wildman–Crippen MR) is 88.5 cm³/mol. The van der Waals surface area contributed by atoms with Crippen molar-refractivity contribution in [1.82, 2.24) is 5.43 Å². The van der Waals surface area contributed by atoms with Gasteiger partial charge in [-0.25, -0.2) is 5.43 Å². The summed E-state index contributed by atoms with van der Waals surface area (Å²) in [5.41, 5.74) is 12.0. The summed E-state index contributed by atoms with van der Waals surface area (Å²) in [7, 11) is 0. The minimum atomic E-state index is -0.0166. The van der Waals surface area contributed by atoms with Gasteiger partial charge < -0.3 is 5.73 Å². The molecule has 0 unspecified atom stereocenters. The summed E-state index contributed by atoms with van der Waals surface area (Å²) in [5.74, 6) is 0.334. The third kappa shape index (κ3) is 3.17. The topological polar surface area (TPSA) is 67.5 Å². The molecule has 1 aliphatic rings. The number of amides is 1. The fourth-order valence-electron chi connectivity index (χ4n) is 2.60. The molecule has 1 fully saturated rings. The zero-order valence-electron chi connectivity index (χ0n) is 12.5. The number of hydrogen-bond acceptors (Lipinski definition) is 3. The van der Waals surface area contributed by atoms with Gasteiger partial charge in [0.2, 0.25) is 5.91 Å². The van der Waals surface area contributed by atoms with Crippen LogP contribution in [0.15, 0.2) is 59.7 Å². The van der Waals surface area contributed by atoms with Gasteiger partial charge in [-0.2, -0.15) is 5.10 Å². The van der Waals surface area contributed by atoms with Crippen molar-refractivity contribution in [2.24, 2.45) is 11.0 Å². The molecule has 4 nitrogen and oxygen atoms in total. The maximum atomic E-state index is 12.1. The number of anilines is 1. The summed E-state index contributed by atoms with van der Waals surface area (Å²) in [6, 6.07) is 17.6. The Morgan fingerprint density at radius 2 is 1.95 bits per heavy atom. The molecule has 2 aromatic carbocycles. The number of hydrogen-bond donors (Lipinski definition) is 2. The number of benzene rings is 2. The van der Waals surface area contributed by atoms with Crippen LogP contribution in [0.25, 0.3) is 0 Å². The van der Waals surface area contributed by atoms with E-state index < -0.39 is 0 Å². The molecule has 0 heterocycles. The van der Waals surface area contributed by atoms with E-state index in [0.717, 1.165) is 17.7 Å². The molecule has 0 radical (unpaired) electrons. The zero-order chi connectivity index (χ0) is 15.5. The molecule has 2 atom stereocenters. The summed E-state index contributed by atoms with van der Waals surface area (Å²) >= 11 is 0. The van der Waals surface area contributed by atoms with Crippen molar-refractivity contribution in [3.8, 4) is 0 Å². The number of carbonyl (C=O) groups excluding carboxylic acids is 1. The van der Waals surface area contributed by atoms with E-state index in [1.807, 2.05) is 49.4 Å². The highest BCUT2D eigenvalue weighted by atomic mass is 16.2. The molecule has 3 N–H and O–H groups in total. The van der Waals surface area contributed by atoms with Crippen molar-refractivity contribution in [2.75, 3.05) is 5.73 Å². The molecule has 1 saturated carbocycles. The molecule has 0 bridgehead atoms. The Hall–Kier alpha value is -2.62. The Kier molecular flexibility index (Phi) is 3.92. The van der Waals surface area contributed by atoms with Crippen LogP contribution in [0.1, 0.15) is 30.4 Å². The van der Waals surface area contributed by atoms with Crippen LogP contribution in [0, 0.1) is 5.92 Å². The maximum absolute atomic E-state index is 12.1. The van der Waals surface area contributed by atoms with E-state index in [-0.39, 0.29) is 11.8 Å². The van der Waals surface area contributed by atoms with Crippen LogP contribution in [0.5, 0.6) is 0 Å². The van der Waals surface area contributed by atoms with Gasteiger partial charge in [-0.3, -0.25) is 4.79 Å². The fraction of sp³-hybridized carbons (Fsp3) is 0.222. The number of rotatable bonds is 4. The predicted octanol–water partition coefficient (Wildman–Crippen LogP) is 2.91. The molecule has 0 aromatic heterocycles. The van der Waals surface area contributed by atoms with Gasteiger partial charge in [0.25, 0.3) is 0 Å². The van der Waals surface area contributed by atoms with E-state index in [2.05, 4.69) is 22.7 Å². The van der Waals surface area contributed by atoms with Crippen molar-refractivity contribution in [2.45, 2.75) is 19.3 Å². The molecule has 0 saturated heterocycles. The fourth-order valence-corrected chi connectivity index (χ4v) is 2.60. The number of carbonyl (C=O) groups is 1. The van der Waals surface area contributed by atoms with Gasteiger partial charge in [-0.15, -0.1) is 0 Å². The SMILES string of the molecule is C/C(=N/NC(=O)[C@H]1C[C@@H]1c1ccccc1)c1cccc(N)c1. The molecular weight excluding hydrogens is 274 g/mol. The van der Waals surface area contributed by atoms with Gasteiger partial charge in [-0.1, -0.05) is 42.5 Å². The smallest absolute Gasteiger partial charge is 0.243 e. The molecule has 1 amide bonds. The molecule has 2 aromatic rings. The Morgan fingerprint density at radius 3 is 2.68 bits per heavy atom. The third-order valence-corrected chi connectivity index (χ3v) is 3.99. The van der Waals surface area contributed by atoms with Crippen molar-refractivity contribution >= 4 is 17.3 Å². The average Bonchev–Trinajstić information content (AvgIpc) is 3.34. The summed E-state index contributed by atoms with van der Waals surface area (Å²) in [4.78, 5) is 12.1. The average molecular weight is 293 g/mol. The summed E-state index contributed by atoms with van der Waals surface area (Å²) in [6.45, 7) is 1.86. The van der Waals surface area contributed by atoms with Crippen LogP contribution < -0.4 is 11.2 Å². The summed E-state index contributed by atoms with van der Waals surface area (Å²) < 4.78 is 0. The highest BCUT2D eigenvalue weighted by Crippen LogP contribution is 2.47. The highest BCUT2D eigenvalue weighted by Gasteiger charge is 2.43. The van der Waals surface area contributed by atoms with Crippen LogP contribution in [0.3, 0.4) is 0 Å². The lowest BCUT2D eigenvalue weighted by atomic mass is 10.1. The molecule has 1 aliphatic carbocycles. The van der Waals surface area contributed by atoms with E-state index in [1.165, 1.54) is 5.56 Å². The Bertz CT molecular complexity index is 709. The van der Waals surface area contributed by atoms with Crippen molar-refractivity contribution in [3.63, 3.8) is 0 Å². The number of nitrogen functional groups attached to an aromatic ring is 1. The normalized spacial score (nSPS) is 20.5. The molecule has 22 heavy (non-hydrogen) atoms. The van der Waals surface area contributed by atoms with E-state index in [4.69, 9.17) is 5.73 Å². The third-order valence-electron chi connectivity index (χ3n) is 3.99. The molecule has 112 valence electrons. The van der Waals surface area contributed by atoms with Crippen LogP contribution in [0.4, 0.5) is 5.69 Å². The second-order valence-corrected chi connectivity index (χ2v) is 5.66. The largest absolute Gasteiger partial charge is 0.399 e. The first-order valence-corrected chi connectivity index (χ1v) is 7.40. The van der Waals surface area contributed by atoms with Gasteiger partial charge in [0.05, 0.1) is 5.71 Å². The summed E-state index contributed by atoms with van der Waals surface area (Å²) in [6.07, 6.45) is 0.892. The van der Waals surface area contributed by atoms with E-state index in [0.29, 0.717) is 11.6 Å². The first kappa shape index (κ1) is 14.3. The zero-order valence-corrected chi connectivity index (χ0v) is 12.5. The van der Waals surface area contributed by atoms with E-state index in [1.54, 1.807) is 0 Å². The lowest BCUT2D eigenvalue weighted by Gasteiger charge is -2.04. The molecule has 4 heteroatoms. The van der Waals surface area contributed by atoms with E-state index >= 15 is 0 Å². The second kappa shape index (κ2) is 6.02. The second-order valence-electron chi connectivity index (χ2n) is 5.66. The standard InChI is InChI=1S/C18H19N3O/c1-12(14-8-5-9-15(19)10-14)20-21-18(22)17-11-16(17)13-6-3-2-4-7-13/h2-10,16-17H,11,19H2,1H3,(H,21,22)/b20-12-/t16-,17+/m1/s1.